The van der Waals surface area contributed by atoms with Crippen molar-refractivity contribution in [3.05, 3.63) is 57.3 Å². The quantitative estimate of drug-likeness (QED) is 0.810. The van der Waals surface area contributed by atoms with Crippen molar-refractivity contribution in [3.8, 4) is 0 Å². The number of fused-ring (bicyclic) bond motifs is 2. The van der Waals surface area contributed by atoms with Crippen LogP contribution in [0.4, 0.5) is 0 Å². The van der Waals surface area contributed by atoms with Gasteiger partial charge < -0.3 is 9.80 Å². The molecule has 5 heteroatoms. The second-order valence-corrected chi connectivity index (χ2v) is 8.19. The molecule has 0 saturated heterocycles. The summed E-state index contributed by atoms with van der Waals surface area (Å²) in [6.45, 7) is 5.17. The van der Waals surface area contributed by atoms with Crippen molar-refractivity contribution in [2.75, 3.05) is 13.1 Å². The van der Waals surface area contributed by atoms with Gasteiger partial charge in [0.2, 0.25) is 11.8 Å². The van der Waals surface area contributed by atoms with Crippen LogP contribution < -0.4 is 0 Å². The monoisotopic (exact) mass is 368 g/mol. The average Bonchev–Trinajstić information content (AvgIpc) is 3.11. The summed E-state index contributed by atoms with van der Waals surface area (Å²) in [5.41, 5.74) is 3.67. The molecule has 0 bridgehead atoms. The minimum atomic E-state index is -0.152. The van der Waals surface area contributed by atoms with Crippen LogP contribution in [0.2, 0.25) is 0 Å². The van der Waals surface area contributed by atoms with E-state index in [4.69, 9.17) is 0 Å². The van der Waals surface area contributed by atoms with E-state index in [0.29, 0.717) is 13.0 Å². The van der Waals surface area contributed by atoms with Gasteiger partial charge in [-0.05, 0) is 47.9 Å². The van der Waals surface area contributed by atoms with E-state index in [2.05, 4.69) is 30.5 Å². The molecule has 1 aromatic heterocycles. The van der Waals surface area contributed by atoms with Crippen molar-refractivity contribution in [2.45, 2.75) is 45.2 Å². The van der Waals surface area contributed by atoms with Crippen LogP contribution in [0.5, 0.6) is 0 Å². The number of thiophene rings is 1. The number of hydrogen-bond acceptors (Lipinski definition) is 3. The summed E-state index contributed by atoms with van der Waals surface area (Å²) in [6, 6.07) is 10.3. The van der Waals surface area contributed by atoms with Crippen LogP contribution in [0.3, 0.4) is 0 Å². The van der Waals surface area contributed by atoms with E-state index in [0.717, 1.165) is 24.9 Å². The fourth-order valence-corrected chi connectivity index (χ4v) is 5.34. The third kappa shape index (κ3) is 2.94. The molecule has 0 spiro atoms. The van der Waals surface area contributed by atoms with Crippen LogP contribution in [0.25, 0.3) is 0 Å². The Morgan fingerprint density at radius 3 is 2.65 bits per heavy atom. The zero-order chi connectivity index (χ0) is 18.3. The van der Waals surface area contributed by atoms with Gasteiger partial charge in [-0.25, -0.2) is 0 Å². The predicted molar refractivity (Wildman–Crippen MR) is 103 cm³/mol. The average molecular weight is 369 g/mol. The molecule has 0 N–H and O–H groups in total. The Hall–Kier alpha value is -2.14. The van der Waals surface area contributed by atoms with E-state index in [1.807, 2.05) is 21.9 Å². The van der Waals surface area contributed by atoms with Crippen LogP contribution in [0.15, 0.2) is 35.7 Å². The van der Waals surface area contributed by atoms with E-state index in [1.54, 1.807) is 18.3 Å². The van der Waals surface area contributed by atoms with Gasteiger partial charge in [0.1, 0.15) is 0 Å². The number of carbonyl (C=O) groups excluding carboxylic acids is 2. The van der Waals surface area contributed by atoms with E-state index >= 15 is 0 Å². The Balaban J connectivity index is 1.59. The maximum atomic E-state index is 13.2. The molecule has 2 atom stereocenters. The first kappa shape index (κ1) is 17.3. The van der Waals surface area contributed by atoms with Crippen LogP contribution in [0, 0.1) is 0 Å². The summed E-state index contributed by atoms with van der Waals surface area (Å²) in [5.74, 6) is 0.186. The van der Waals surface area contributed by atoms with Gasteiger partial charge in [-0.3, -0.25) is 9.59 Å². The number of carbonyl (C=O) groups is 2. The fraction of sp³-hybridized carbons (Fsp3) is 0.429. The van der Waals surface area contributed by atoms with Crippen molar-refractivity contribution >= 4 is 23.2 Å². The molecule has 2 aromatic rings. The molecule has 4 rings (SSSR count). The van der Waals surface area contributed by atoms with Gasteiger partial charge in [-0.2, -0.15) is 0 Å². The normalized spacial score (nSPS) is 21.9. The molecule has 0 saturated carbocycles. The van der Waals surface area contributed by atoms with Crippen LogP contribution in [-0.4, -0.2) is 34.7 Å². The fourth-order valence-electron chi connectivity index (χ4n) is 4.38. The van der Waals surface area contributed by atoms with Crippen LogP contribution in [-0.2, 0) is 22.4 Å². The number of rotatable bonds is 2. The van der Waals surface area contributed by atoms with Gasteiger partial charge in [0.25, 0.3) is 0 Å². The standard InChI is InChI=1S/C21H24N2O2S/c1-14-17-9-12-26-20(17)8-11-22(14)21(25)13-19-18-6-4-3-5-16(18)7-10-23(19)15(2)24/h3-6,9,12,14,19H,7-8,10-11,13H2,1-2H3. The molecular weight excluding hydrogens is 344 g/mol. The van der Waals surface area contributed by atoms with Gasteiger partial charge >= 0.3 is 0 Å². The van der Waals surface area contributed by atoms with Gasteiger partial charge in [0.05, 0.1) is 18.5 Å². The molecule has 2 amide bonds. The Bertz CT molecular complexity index is 844. The zero-order valence-corrected chi connectivity index (χ0v) is 16.1. The molecule has 2 aliphatic rings. The maximum Gasteiger partial charge on any atom is 0.225 e. The Labute approximate surface area is 158 Å². The third-order valence-electron chi connectivity index (χ3n) is 5.78. The van der Waals surface area contributed by atoms with Crippen molar-refractivity contribution in [1.82, 2.24) is 9.80 Å². The summed E-state index contributed by atoms with van der Waals surface area (Å²) in [6.07, 6.45) is 2.15. The Kier molecular flexibility index (Phi) is 4.57. The van der Waals surface area contributed by atoms with E-state index < -0.39 is 0 Å². The first-order chi connectivity index (χ1) is 12.6. The maximum absolute atomic E-state index is 13.2. The second kappa shape index (κ2) is 6.88. The summed E-state index contributed by atoms with van der Waals surface area (Å²) < 4.78 is 0. The highest BCUT2D eigenvalue weighted by atomic mass is 32.1. The first-order valence-electron chi connectivity index (χ1n) is 9.27. The molecular formula is C21H24N2O2S. The zero-order valence-electron chi connectivity index (χ0n) is 15.3. The van der Waals surface area contributed by atoms with Crippen molar-refractivity contribution in [1.29, 1.82) is 0 Å². The smallest absolute Gasteiger partial charge is 0.225 e. The topological polar surface area (TPSA) is 40.6 Å². The van der Waals surface area contributed by atoms with Crippen molar-refractivity contribution in [3.63, 3.8) is 0 Å². The number of nitrogens with zero attached hydrogens (tertiary/aromatic N) is 2. The molecule has 2 aliphatic heterocycles. The van der Waals surface area contributed by atoms with Gasteiger partial charge in [-0.15, -0.1) is 11.3 Å². The molecule has 3 heterocycles. The highest BCUT2D eigenvalue weighted by molar-refractivity contribution is 7.10. The van der Waals surface area contributed by atoms with Gasteiger partial charge in [0, 0.05) is 24.9 Å². The molecule has 0 radical (unpaired) electrons. The van der Waals surface area contributed by atoms with Crippen molar-refractivity contribution < 1.29 is 9.59 Å². The number of benzene rings is 1. The second-order valence-electron chi connectivity index (χ2n) is 7.19. The van der Waals surface area contributed by atoms with Gasteiger partial charge in [0.15, 0.2) is 0 Å². The SMILES string of the molecule is CC(=O)N1CCc2ccccc2C1CC(=O)N1CCc2sccc2C1C. The lowest BCUT2D eigenvalue weighted by molar-refractivity contribution is -0.138. The molecule has 136 valence electrons. The Morgan fingerprint density at radius 2 is 1.85 bits per heavy atom. The number of amides is 2. The summed E-state index contributed by atoms with van der Waals surface area (Å²) in [4.78, 5) is 30.6. The van der Waals surface area contributed by atoms with Crippen LogP contribution >= 0.6 is 11.3 Å². The number of hydrogen-bond donors (Lipinski definition) is 0. The molecule has 4 nitrogen and oxygen atoms in total. The van der Waals surface area contributed by atoms with E-state index in [9.17, 15) is 9.59 Å². The van der Waals surface area contributed by atoms with Gasteiger partial charge in [-0.1, -0.05) is 24.3 Å². The minimum Gasteiger partial charge on any atom is -0.335 e. The van der Waals surface area contributed by atoms with Crippen LogP contribution in [0.1, 0.15) is 53.9 Å². The largest absolute Gasteiger partial charge is 0.335 e. The molecule has 2 unspecified atom stereocenters. The van der Waals surface area contributed by atoms with Crippen molar-refractivity contribution in [2.24, 2.45) is 0 Å². The highest BCUT2D eigenvalue weighted by Crippen LogP contribution is 2.36. The predicted octanol–water partition coefficient (Wildman–Crippen LogP) is 3.73. The third-order valence-corrected chi connectivity index (χ3v) is 6.78. The summed E-state index contributed by atoms with van der Waals surface area (Å²) in [7, 11) is 0. The molecule has 0 aliphatic carbocycles. The highest BCUT2D eigenvalue weighted by Gasteiger charge is 2.34. The lowest BCUT2D eigenvalue weighted by atomic mass is 9.90. The molecule has 0 fully saturated rings. The summed E-state index contributed by atoms with van der Waals surface area (Å²) >= 11 is 1.78. The lowest BCUT2D eigenvalue weighted by Gasteiger charge is -2.39. The Morgan fingerprint density at radius 1 is 1.08 bits per heavy atom. The van der Waals surface area contributed by atoms with E-state index in [1.165, 1.54) is 16.0 Å². The lowest BCUT2D eigenvalue weighted by Crippen LogP contribution is -2.44. The molecule has 26 heavy (non-hydrogen) atoms. The summed E-state index contributed by atoms with van der Waals surface area (Å²) in [5, 5.41) is 2.12. The molecule has 1 aromatic carbocycles. The minimum absolute atomic E-state index is 0.0455. The first-order valence-corrected chi connectivity index (χ1v) is 10.1. The van der Waals surface area contributed by atoms with E-state index in [-0.39, 0.29) is 23.9 Å².